The highest BCUT2D eigenvalue weighted by Gasteiger charge is 2.60. The minimum atomic E-state index is 0.152. The van der Waals surface area contributed by atoms with Crippen LogP contribution >= 0.6 is 12.6 Å². The summed E-state index contributed by atoms with van der Waals surface area (Å²) in [7, 11) is 0. The maximum Gasteiger partial charge on any atom is 0.155 e. The Morgan fingerprint density at radius 2 is 1.92 bits per heavy atom. The summed E-state index contributed by atoms with van der Waals surface area (Å²) in [6, 6.07) is 0. The van der Waals surface area contributed by atoms with Crippen molar-refractivity contribution in [3.63, 3.8) is 0 Å². The third-order valence-corrected chi connectivity index (χ3v) is 8.96. The second-order valence-electron chi connectivity index (χ2n) is 9.40. The number of carbonyl (C=O) groups is 2. The number of Topliss-reactive ketones (excluding diaryl/α,β-unsaturated/α-hetero) is 1. The van der Waals surface area contributed by atoms with E-state index in [1.54, 1.807) is 6.92 Å². The molecule has 3 heteroatoms. The molecule has 0 aromatic heterocycles. The predicted molar refractivity (Wildman–Crippen MR) is 99.0 cm³/mol. The molecule has 4 aliphatic carbocycles. The van der Waals surface area contributed by atoms with Crippen LogP contribution < -0.4 is 0 Å². The van der Waals surface area contributed by atoms with E-state index in [2.05, 4.69) is 13.8 Å². The lowest BCUT2D eigenvalue weighted by molar-refractivity contribution is -0.128. The van der Waals surface area contributed by atoms with Crippen LogP contribution in [0.1, 0.15) is 65.7 Å². The Balaban J connectivity index is 1.71. The van der Waals surface area contributed by atoms with Crippen molar-refractivity contribution >= 4 is 24.2 Å². The second-order valence-corrected chi connectivity index (χ2v) is 10.0. The van der Waals surface area contributed by atoms with Gasteiger partial charge in [0.15, 0.2) is 5.78 Å². The quantitative estimate of drug-likeness (QED) is 0.702. The van der Waals surface area contributed by atoms with Crippen LogP contribution in [-0.4, -0.2) is 16.8 Å². The van der Waals surface area contributed by atoms with Crippen LogP contribution in [0.4, 0.5) is 0 Å². The van der Waals surface area contributed by atoms with Crippen molar-refractivity contribution in [2.24, 2.45) is 34.5 Å². The third-order valence-electron chi connectivity index (χ3n) is 8.47. The molecule has 3 fully saturated rings. The Hall–Kier alpha value is -0.570. The van der Waals surface area contributed by atoms with Gasteiger partial charge in [-0.25, -0.2) is 0 Å². The fraction of sp³-hybridized carbons (Fsp3) is 0.810. The molecule has 0 saturated heterocycles. The molecule has 0 heterocycles. The monoisotopic (exact) mass is 346 g/mol. The Labute approximate surface area is 151 Å². The molecule has 0 aromatic carbocycles. The lowest BCUT2D eigenvalue weighted by atomic mass is 9.46. The summed E-state index contributed by atoms with van der Waals surface area (Å²) >= 11 is 4.93. The van der Waals surface area contributed by atoms with Crippen LogP contribution in [-0.2, 0) is 9.59 Å². The minimum absolute atomic E-state index is 0.152. The Bertz CT molecular complexity index is 623. The standard InChI is InChI=1S/C21H30O2S/c1-12(22)15-4-5-16-14-11-19(24)18-10-13(23)6-8-21(18,3)17(14)7-9-20(15,16)2/h10,14-17,19,24H,4-9,11H2,1-3H3. The van der Waals surface area contributed by atoms with Gasteiger partial charge in [0.1, 0.15) is 5.78 Å². The zero-order chi connectivity index (χ0) is 17.3. The van der Waals surface area contributed by atoms with Gasteiger partial charge in [0.05, 0.1) is 0 Å². The number of rotatable bonds is 1. The molecule has 24 heavy (non-hydrogen) atoms. The molecule has 0 N–H and O–H groups in total. The highest BCUT2D eigenvalue weighted by atomic mass is 32.1. The predicted octanol–water partition coefficient (Wildman–Crippen LogP) is 4.63. The molecule has 0 bridgehead atoms. The van der Waals surface area contributed by atoms with Gasteiger partial charge in [-0.15, -0.1) is 0 Å². The average molecular weight is 347 g/mol. The topological polar surface area (TPSA) is 34.1 Å². The van der Waals surface area contributed by atoms with Gasteiger partial charge >= 0.3 is 0 Å². The van der Waals surface area contributed by atoms with Crippen LogP contribution in [0.15, 0.2) is 11.6 Å². The zero-order valence-corrected chi connectivity index (χ0v) is 16.1. The van der Waals surface area contributed by atoms with Crippen molar-refractivity contribution in [1.82, 2.24) is 0 Å². The molecule has 7 unspecified atom stereocenters. The average Bonchev–Trinajstić information content (AvgIpc) is 2.87. The largest absolute Gasteiger partial charge is 0.300 e. The van der Waals surface area contributed by atoms with Crippen LogP contribution in [0, 0.1) is 34.5 Å². The molecule has 2 nitrogen and oxygen atoms in total. The summed E-state index contributed by atoms with van der Waals surface area (Å²) < 4.78 is 0. The van der Waals surface area contributed by atoms with Crippen molar-refractivity contribution in [1.29, 1.82) is 0 Å². The van der Waals surface area contributed by atoms with E-state index in [1.807, 2.05) is 6.08 Å². The van der Waals surface area contributed by atoms with Gasteiger partial charge < -0.3 is 0 Å². The van der Waals surface area contributed by atoms with E-state index >= 15 is 0 Å². The molecule has 0 amide bonds. The summed E-state index contributed by atoms with van der Waals surface area (Å²) in [6.07, 6.45) is 9.38. The van der Waals surface area contributed by atoms with Crippen LogP contribution in [0.2, 0.25) is 0 Å². The molecule has 0 aromatic rings. The maximum atomic E-state index is 12.2. The Kier molecular flexibility index (Phi) is 3.84. The van der Waals surface area contributed by atoms with E-state index in [4.69, 9.17) is 12.6 Å². The number of hydrogen-bond donors (Lipinski definition) is 1. The van der Waals surface area contributed by atoms with Crippen LogP contribution in [0.5, 0.6) is 0 Å². The SMILES string of the molecule is CC(=O)C1CCC2C3CC(S)C4=CC(=O)CCC4(C)C3CCC12C. The van der Waals surface area contributed by atoms with E-state index in [1.165, 1.54) is 24.8 Å². The second kappa shape index (κ2) is 5.46. The Morgan fingerprint density at radius 3 is 2.62 bits per heavy atom. The van der Waals surface area contributed by atoms with Crippen LogP contribution in [0.25, 0.3) is 0 Å². The van der Waals surface area contributed by atoms with E-state index in [9.17, 15) is 9.59 Å². The van der Waals surface area contributed by atoms with Gasteiger partial charge in [0.2, 0.25) is 0 Å². The van der Waals surface area contributed by atoms with Gasteiger partial charge in [0, 0.05) is 17.6 Å². The molecular weight excluding hydrogens is 316 g/mol. The van der Waals surface area contributed by atoms with Crippen molar-refractivity contribution in [3.8, 4) is 0 Å². The summed E-state index contributed by atoms with van der Waals surface area (Å²) in [6.45, 7) is 6.57. The zero-order valence-electron chi connectivity index (χ0n) is 15.2. The van der Waals surface area contributed by atoms with Gasteiger partial charge in [-0.3, -0.25) is 9.59 Å². The summed E-state index contributed by atoms with van der Waals surface area (Å²) in [4.78, 5) is 24.2. The van der Waals surface area contributed by atoms with E-state index in [0.717, 1.165) is 19.3 Å². The first-order valence-electron chi connectivity index (χ1n) is 9.71. The first-order chi connectivity index (χ1) is 11.3. The fourth-order valence-electron chi connectivity index (χ4n) is 7.27. The fourth-order valence-corrected chi connectivity index (χ4v) is 7.89. The lowest BCUT2D eigenvalue weighted by Crippen LogP contribution is -2.53. The van der Waals surface area contributed by atoms with Gasteiger partial charge in [-0.1, -0.05) is 13.8 Å². The van der Waals surface area contributed by atoms with Gasteiger partial charge in [0.25, 0.3) is 0 Å². The number of hydrogen-bond acceptors (Lipinski definition) is 3. The first-order valence-corrected chi connectivity index (χ1v) is 10.2. The molecular formula is C21H30O2S. The van der Waals surface area contributed by atoms with E-state index in [0.29, 0.717) is 30.0 Å². The van der Waals surface area contributed by atoms with E-state index < -0.39 is 0 Å². The molecule has 4 aliphatic rings. The summed E-state index contributed by atoms with van der Waals surface area (Å²) in [5, 5.41) is 0.222. The molecule has 0 aliphatic heterocycles. The van der Waals surface area contributed by atoms with Crippen molar-refractivity contribution in [3.05, 3.63) is 11.6 Å². The van der Waals surface area contributed by atoms with Gasteiger partial charge in [-0.2, -0.15) is 12.6 Å². The number of ketones is 2. The van der Waals surface area contributed by atoms with E-state index in [-0.39, 0.29) is 27.8 Å². The molecule has 0 spiro atoms. The van der Waals surface area contributed by atoms with Crippen LogP contribution in [0.3, 0.4) is 0 Å². The molecule has 132 valence electrons. The highest BCUT2D eigenvalue weighted by molar-refractivity contribution is 7.81. The number of carbonyl (C=O) groups excluding carboxylic acids is 2. The molecule has 7 atom stereocenters. The summed E-state index contributed by atoms with van der Waals surface area (Å²) in [5.74, 6) is 2.95. The minimum Gasteiger partial charge on any atom is -0.300 e. The molecule has 3 saturated carbocycles. The number of fused-ring (bicyclic) bond motifs is 5. The highest BCUT2D eigenvalue weighted by Crippen LogP contribution is 2.67. The molecule has 0 radical (unpaired) electrons. The molecule has 4 rings (SSSR count). The number of thiol groups is 1. The van der Waals surface area contributed by atoms with Crippen molar-refractivity contribution in [2.45, 2.75) is 71.0 Å². The first kappa shape index (κ1) is 16.9. The van der Waals surface area contributed by atoms with Crippen molar-refractivity contribution in [2.75, 3.05) is 0 Å². The normalized spacial score (nSPS) is 50.6. The Morgan fingerprint density at radius 1 is 1.17 bits per heavy atom. The van der Waals surface area contributed by atoms with Crippen molar-refractivity contribution < 1.29 is 9.59 Å². The third kappa shape index (κ3) is 2.15. The smallest absolute Gasteiger partial charge is 0.155 e. The van der Waals surface area contributed by atoms with Gasteiger partial charge in [-0.05, 0) is 85.7 Å². The lowest BCUT2D eigenvalue weighted by Gasteiger charge is -2.59. The maximum absolute atomic E-state index is 12.2. The summed E-state index contributed by atoms with van der Waals surface area (Å²) in [5.41, 5.74) is 1.66.